The van der Waals surface area contributed by atoms with Crippen molar-refractivity contribution in [1.82, 2.24) is 9.29 Å². The summed E-state index contributed by atoms with van der Waals surface area (Å²) >= 11 is 0. The molecule has 0 fully saturated rings. The number of carbonyl (C=O) groups is 1. The monoisotopic (exact) mass is 367 g/mol. The first kappa shape index (κ1) is 20.0. The smallest absolute Gasteiger partial charge is 0.404 e. The Balaban J connectivity index is 3.53. The lowest BCUT2D eigenvalue weighted by atomic mass is 10.2. The summed E-state index contributed by atoms with van der Waals surface area (Å²) in [6, 6.07) is -0.800. The van der Waals surface area contributed by atoms with Gasteiger partial charge >= 0.3 is 12.1 Å². The zero-order valence-electron chi connectivity index (χ0n) is 13.4. The van der Waals surface area contributed by atoms with E-state index in [1.165, 1.54) is 25.6 Å². The van der Waals surface area contributed by atoms with E-state index in [0.717, 1.165) is 4.57 Å². The number of nitriles is 1. The molecule has 0 radical (unpaired) electrons. The predicted octanol–water partition coefficient (Wildman–Crippen LogP) is 1.61. The number of hydrogen-bond donors (Lipinski definition) is 1. The molecule has 1 heterocycles. The van der Waals surface area contributed by atoms with Gasteiger partial charge in [-0.25, -0.2) is 13.2 Å². The van der Waals surface area contributed by atoms with Crippen LogP contribution in [0.25, 0.3) is 0 Å². The Hall–Kier alpha value is -2.06. The van der Waals surface area contributed by atoms with Crippen LogP contribution in [-0.2, 0) is 21.8 Å². The van der Waals surface area contributed by atoms with Crippen LogP contribution in [0, 0.1) is 18.3 Å². The van der Waals surface area contributed by atoms with E-state index in [9.17, 15) is 31.6 Å². The highest BCUT2D eigenvalue weighted by Crippen LogP contribution is 2.28. The van der Waals surface area contributed by atoms with Crippen LogP contribution >= 0.6 is 0 Å². The average molecular weight is 367 g/mol. The summed E-state index contributed by atoms with van der Waals surface area (Å²) in [5, 5.41) is 9.23. The van der Waals surface area contributed by atoms with Gasteiger partial charge in [0.25, 0.3) is 0 Å². The van der Waals surface area contributed by atoms with Gasteiger partial charge in [-0.15, -0.1) is 0 Å². The molecule has 0 saturated heterocycles. The van der Waals surface area contributed by atoms with E-state index in [-0.39, 0.29) is 18.0 Å². The molecule has 0 aliphatic heterocycles. The molecule has 0 saturated carbocycles. The molecule has 0 bridgehead atoms. The lowest BCUT2D eigenvalue weighted by molar-refractivity contribution is -0.147. The first-order valence-corrected chi connectivity index (χ1v) is 8.22. The fourth-order valence-electron chi connectivity index (χ4n) is 2.01. The highest BCUT2D eigenvalue weighted by Gasteiger charge is 2.41. The lowest BCUT2D eigenvalue weighted by Crippen LogP contribution is -2.43. The molecule has 24 heavy (non-hydrogen) atoms. The van der Waals surface area contributed by atoms with Gasteiger partial charge in [0.05, 0.1) is 6.61 Å². The molecular formula is C13H16F3N3O4S. The summed E-state index contributed by atoms with van der Waals surface area (Å²) in [4.78, 5) is 11.3. The second-order valence-corrected chi connectivity index (χ2v) is 6.56. The first-order valence-electron chi connectivity index (χ1n) is 6.74. The van der Waals surface area contributed by atoms with Crippen molar-refractivity contribution >= 4 is 16.0 Å². The maximum Gasteiger partial charge on any atom is 0.404 e. The Morgan fingerprint density at radius 1 is 1.46 bits per heavy atom. The van der Waals surface area contributed by atoms with E-state index >= 15 is 0 Å². The second-order valence-electron chi connectivity index (χ2n) is 4.91. The summed E-state index contributed by atoms with van der Waals surface area (Å²) in [5.41, 5.74) is -0.955. The third-order valence-corrected chi connectivity index (χ3v) is 5.00. The zero-order valence-corrected chi connectivity index (χ0v) is 14.2. The number of sulfonamides is 1. The number of esters is 1. The first-order chi connectivity index (χ1) is 10.9. The number of nitrogens with zero attached hydrogens (tertiary/aromatic N) is 2. The van der Waals surface area contributed by atoms with Crippen LogP contribution in [0.4, 0.5) is 13.2 Å². The normalized spacial score (nSPS) is 13.4. The summed E-state index contributed by atoms with van der Waals surface area (Å²) in [5.74, 6) is -0.940. The minimum atomic E-state index is -4.80. The van der Waals surface area contributed by atoms with E-state index in [1.54, 1.807) is 6.07 Å². The summed E-state index contributed by atoms with van der Waals surface area (Å²) < 4.78 is 69.8. The van der Waals surface area contributed by atoms with Crippen molar-refractivity contribution in [1.29, 1.82) is 5.26 Å². The van der Waals surface area contributed by atoms with E-state index < -0.39 is 38.7 Å². The molecular weight excluding hydrogens is 351 g/mol. The second kappa shape index (κ2) is 6.82. The van der Waals surface area contributed by atoms with Crippen LogP contribution in [0.1, 0.15) is 35.6 Å². The molecule has 1 rings (SSSR count). The van der Waals surface area contributed by atoms with Crippen LogP contribution in [0.5, 0.6) is 0 Å². The number of halogens is 3. The molecule has 0 aliphatic rings. The maximum atomic E-state index is 12.6. The number of rotatable bonds is 5. The van der Waals surface area contributed by atoms with E-state index in [1.807, 2.05) is 0 Å². The van der Waals surface area contributed by atoms with Crippen molar-refractivity contribution in [2.45, 2.75) is 37.9 Å². The van der Waals surface area contributed by atoms with Crippen LogP contribution < -0.4 is 4.72 Å². The van der Waals surface area contributed by atoms with E-state index in [4.69, 9.17) is 4.74 Å². The van der Waals surface area contributed by atoms with Crippen molar-refractivity contribution in [2.24, 2.45) is 7.05 Å². The molecule has 1 aromatic rings. The van der Waals surface area contributed by atoms with Crippen LogP contribution in [0.15, 0.2) is 4.90 Å². The Kier molecular flexibility index (Phi) is 5.68. The van der Waals surface area contributed by atoms with Crippen LogP contribution in [0.2, 0.25) is 0 Å². The van der Waals surface area contributed by atoms with Crippen LogP contribution in [0.3, 0.4) is 0 Å². The van der Waals surface area contributed by atoms with E-state index in [0.29, 0.717) is 6.92 Å². The minimum absolute atomic E-state index is 0.0145. The molecule has 134 valence electrons. The lowest BCUT2D eigenvalue weighted by Gasteiger charge is -2.17. The standard InChI is InChI=1S/C13H16F3N3O4S/c1-5-23-12(20)10-9(6-17)11(7(2)19(10)4)24(21,22)18-8(3)13(14,15)16/h8,18H,5H2,1-4H3/t8-/m1/s1. The van der Waals surface area contributed by atoms with Gasteiger partial charge in [0.2, 0.25) is 10.0 Å². The number of ether oxygens (including phenoxy) is 1. The number of aromatic nitrogens is 1. The molecule has 0 aromatic carbocycles. The molecule has 11 heteroatoms. The predicted molar refractivity (Wildman–Crippen MR) is 76.7 cm³/mol. The summed E-state index contributed by atoms with van der Waals surface area (Å²) in [6.45, 7) is 3.41. The number of carbonyl (C=O) groups excluding carboxylic acids is 1. The highest BCUT2D eigenvalue weighted by molar-refractivity contribution is 7.89. The van der Waals surface area contributed by atoms with Gasteiger partial charge in [0, 0.05) is 12.7 Å². The van der Waals surface area contributed by atoms with Crippen molar-refractivity contribution in [2.75, 3.05) is 6.61 Å². The summed E-state index contributed by atoms with van der Waals surface area (Å²) in [6.07, 6.45) is -4.80. The fraction of sp³-hybridized carbons (Fsp3) is 0.538. The Morgan fingerprint density at radius 3 is 2.42 bits per heavy atom. The Labute approximate surface area is 137 Å². The average Bonchev–Trinajstić information content (AvgIpc) is 2.70. The molecule has 1 N–H and O–H groups in total. The van der Waals surface area contributed by atoms with Crippen molar-refractivity contribution in [3.8, 4) is 6.07 Å². The van der Waals surface area contributed by atoms with Gasteiger partial charge in [-0.1, -0.05) is 0 Å². The van der Waals surface area contributed by atoms with E-state index in [2.05, 4.69) is 0 Å². The molecule has 0 amide bonds. The van der Waals surface area contributed by atoms with Crippen molar-refractivity contribution in [3.05, 3.63) is 17.0 Å². The quantitative estimate of drug-likeness (QED) is 0.797. The zero-order chi connectivity index (χ0) is 18.9. The molecule has 0 unspecified atom stereocenters. The molecule has 0 spiro atoms. The molecule has 1 aromatic heterocycles. The van der Waals surface area contributed by atoms with Gasteiger partial charge < -0.3 is 9.30 Å². The van der Waals surface area contributed by atoms with Gasteiger partial charge in [-0.05, 0) is 20.8 Å². The molecule has 7 nitrogen and oxygen atoms in total. The van der Waals surface area contributed by atoms with Crippen LogP contribution in [-0.4, -0.2) is 37.8 Å². The highest BCUT2D eigenvalue weighted by atomic mass is 32.2. The fourth-order valence-corrected chi connectivity index (χ4v) is 3.66. The van der Waals surface area contributed by atoms with Gasteiger partial charge in [-0.3, -0.25) is 0 Å². The van der Waals surface area contributed by atoms with Crippen molar-refractivity contribution in [3.63, 3.8) is 0 Å². The van der Waals surface area contributed by atoms with Crippen molar-refractivity contribution < 1.29 is 31.1 Å². The minimum Gasteiger partial charge on any atom is -0.461 e. The molecule has 0 aliphatic carbocycles. The SMILES string of the molecule is CCOC(=O)c1c(C#N)c(S(=O)(=O)N[C@H](C)C(F)(F)F)c(C)n1C. The third kappa shape index (κ3) is 3.70. The Morgan fingerprint density at radius 2 is 2.00 bits per heavy atom. The Bertz CT molecular complexity index is 791. The number of alkyl halides is 3. The van der Waals surface area contributed by atoms with Gasteiger partial charge in [-0.2, -0.15) is 23.2 Å². The topological polar surface area (TPSA) is 101 Å². The third-order valence-electron chi connectivity index (χ3n) is 3.30. The van der Waals surface area contributed by atoms with Gasteiger partial charge in [0.15, 0.2) is 0 Å². The van der Waals surface area contributed by atoms with Gasteiger partial charge in [0.1, 0.15) is 28.3 Å². The largest absolute Gasteiger partial charge is 0.461 e. The summed E-state index contributed by atoms with van der Waals surface area (Å²) in [7, 11) is -3.37. The maximum absolute atomic E-state index is 12.6. The number of hydrogen-bond acceptors (Lipinski definition) is 5. The number of nitrogens with one attached hydrogen (secondary N) is 1. The molecule has 1 atom stereocenters.